The molecule has 0 amide bonds. The van der Waals surface area contributed by atoms with Gasteiger partial charge in [-0.1, -0.05) is 6.07 Å². The molecule has 0 saturated carbocycles. The van der Waals surface area contributed by atoms with Gasteiger partial charge in [0, 0.05) is 18.2 Å². The van der Waals surface area contributed by atoms with Crippen LogP contribution in [-0.2, 0) is 6.42 Å². The van der Waals surface area contributed by atoms with Crippen molar-refractivity contribution < 1.29 is 18.7 Å². The van der Waals surface area contributed by atoms with Crippen LogP contribution >= 0.6 is 0 Å². The molecule has 25 heavy (non-hydrogen) atoms. The van der Waals surface area contributed by atoms with Crippen LogP contribution in [0.1, 0.15) is 16.8 Å². The van der Waals surface area contributed by atoms with E-state index in [1.54, 1.807) is 32.4 Å². The second-order valence-corrected chi connectivity index (χ2v) is 5.51. The summed E-state index contributed by atoms with van der Waals surface area (Å²) in [7, 11) is 3.11. The monoisotopic (exact) mass is 342 g/mol. The number of benzene rings is 2. The normalized spacial score (nSPS) is 10.8. The molecule has 1 aromatic heterocycles. The van der Waals surface area contributed by atoms with Gasteiger partial charge in [-0.3, -0.25) is 4.79 Å². The summed E-state index contributed by atoms with van der Waals surface area (Å²) in [6.45, 7) is 0. The molecular weight excluding hydrogens is 324 g/mol. The third kappa shape index (κ3) is 3.21. The van der Waals surface area contributed by atoms with Crippen molar-refractivity contribution in [3.05, 3.63) is 52.5 Å². The maximum absolute atomic E-state index is 12.5. The molecule has 7 nitrogen and oxygen atoms in total. The van der Waals surface area contributed by atoms with Gasteiger partial charge in [-0.25, -0.2) is 9.36 Å². The van der Waals surface area contributed by atoms with E-state index in [9.17, 15) is 9.59 Å². The highest BCUT2D eigenvalue weighted by atomic mass is 16.5. The van der Waals surface area contributed by atoms with Gasteiger partial charge >= 0.3 is 5.76 Å². The first-order valence-corrected chi connectivity index (χ1v) is 7.68. The van der Waals surface area contributed by atoms with Crippen LogP contribution in [0.2, 0.25) is 0 Å². The number of aromatic nitrogens is 1. The minimum atomic E-state index is -0.710. The molecule has 3 aromatic rings. The molecule has 0 bridgehead atoms. The minimum absolute atomic E-state index is 0.147. The molecule has 0 atom stereocenters. The van der Waals surface area contributed by atoms with Crippen molar-refractivity contribution in [3.63, 3.8) is 0 Å². The number of methoxy groups -OCH3 is 2. The molecule has 2 aromatic carbocycles. The quantitative estimate of drug-likeness (QED) is 0.716. The first kappa shape index (κ1) is 16.6. The summed E-state index contributed by atoms with van der Waals surface area (Å²) in [5.74, 6) is 0.155. The van der Waals surface area contributed by atoms with E-state index in [-0.39, 0.29) is 12.3 Å². The van der Waals surface area contributed by atoms with Gasteiger partial charge in [-0.05, 0) is 36.2 Å². The standard InChI is InChI=1S/C18H18N2O5/c1-23-14-7-3-11(9-16(14)24-2)4-8-17(21)20-13-6-5-12(19)10-15(13)25-18(20)22/h3,5-7,9-10H,4,8,19H2,1-2H3. The number of fused-ring (bicyclic) bond motifs is 1. The first-order valence-electron chi connectivity index (χ1n) is 7.68. The highest BCUT2D eigenvalue weighted by molar-refractivity contribution is 5.90. The fourth-order valence-electron chi connectivity index (χ4n) is 2.67. The number of hydrogen-bond acceptors (Lipinski definition) is 6. The van der Waals surface area contributed by atoms with Crippen molar-refractivity contribution in [2.45, 2.75) is 12.8 Å². The average molecular weight is 342 g/mol. The van der Waals surface area contributed by atoms with E-state index in [4.69, 9.17) is 19.6 Å². The molecule has 1 heterocycles. The Morgan fingerprint density at radius 3 is 2.60 bits per heavy atom. The van der Waals surface area contributed by atoms with E-state index in [1.807, 2.05) is 12.1 Å². The molecule has 0 aliphatic rings. The molecule has 130 valence electrons. The first-order chi connectivity index (χ1) is 12.0. The second kappa shape index (κ2) is 6.72. The van der Waals surface area contributed by atoms with E-state index >= 15 is 0 Å². The lowest BCUT2D eigenvalue weighted by Crippen LogP contribution is -2.22. The predicted molar refractivity (Wildman–Crippen MR) is 93.4 cm³/mol. The van der Waals surface area contributed by atoms with Crippen LogP contribution in [0.15, 0.2) is 45.6 Å². The molecule has 0 radical (unpaired) electrons. The fraction of sp³-hybridized carbons (Fsp3) is 0.222. The highest BCUT2D eigenvalue weighted by Crippen LogP contribution is 2.28. The number of carbonyl (C=O) groups is 1. The molecule has 0 aliphatic heterocycles. The summed E-state index contributed by atoms with van der Waals surface area (Å²) in [6.07, 6.45) is 0.599. The van der Waals surface area contributed by atoms with E-state index in [0.29, 0.717) is 34.7 Å². The summed E-state index contributed by atoms with van der Waals surface area (Å²) in [6, 6.07) is 10.2. The Hall–Kier alpha value is -3.22. The van der Waals surface area contributed by atoms with Crippen LogP contribution in [0.3, 0.4) is 0 Å². The van der Waals surface area contributed by atoms with Crippen molar-refractivity contribution in [1.82, 2.24) is 4.57 Å². The molecule has 0 unspecified atom stereocenters. The summed E-state index contributed by atoms with van der Waals surface area (Å²) < 4.78 is 16.6. The largest absolute Gasteiger partial charge is 0.493 e. The summed E-state index contributed by atoms with van der Waals surface area (Å²) >= 11 is 0. The highest BCUT2D eigenvalue weighted by Gasteiger charge is 2.16. The van der Waals surface area contributed by atoms with Gasteiger partial charge in [0.05, 0.1) is 19.7 Å². The molecule has 3 rings (SSSR count). The SMILES string of the molecule is COc1ccc(CCC(=O)n2c(=O)oc3cc(N)ccc32)cc1OC. The van der Waals surface area contributed by atoms with Gasteiger partial charge in [0.2, 0.25) is 5.91 Å². The Balaban J connectivity index is 1.82. The zero-order valence-electron chi connectivity index (χ0n) is 13.9. The Bertz CT molecular complexity index is 987. The Morgan fingerprint density at radius 1 is 1.12 bits per heavy atom. The smallest absolute Gasteiger partial charge is 0.426 e. The summed E-state index contributed by atoms with van der Waals surface area (Å²) in [5.41, 5.74) is 7.74. The number of rotatable bonds is 5. The fourth-order valence-corrected chi connectivity index (χ4v) is 2.67. The number of ether oxygens (including phenoxy) is 2. The maximum Gasteiger partial charge on any atom is 0.426 e. The van der Waals surface area contributed by atoms with E-state index in [2.05, 4.69) is 0 Å². The molecular formula is C18H18N2O5. The van der Waals surface area contributed by atoms with Crippen LogP contribution in [-0.4, -0.2) is 24.7 Å². The van der Waals surface area contributed by atoms with Crippen molar-refractivity contribution in [1.29, 1.82) is 0 Å². The summed E-state index contributed by atoms with van der Waals surface area (Å²) in [5, 5.41) is 0. The van der Waals surface area contributed by atoms with Gasteiger partial charge in [0.1, 0.15) is 0 Å². The van der Waals surface area contributed by atoms with Crippen LogP contribution in [0.25, 0.3) is 11.1 Å². The van der Waals surface area contributed by atoms with Crippen molar-refractivity contribution in [3.8, 4) is 11.5 Å². The lowest BCUT2D eigenvalue weighted by atomic mass is 10.1. The number of nitrogen functional groups attached to an aromatic ring is 1. The van der Waals surface area contributed by atoms with E-state index < -0.39 is 5.76 Å². The molecule has 0 saturated heterocycles. The number of anilines is 1. The minimum Gasteiger partial charge on any atom is -0.493 e. The number of aryl methyl sites for hydroxylation is 1. The number of carbonyl (C=O) groups excluding carboxylic acids is 1. The molecule has 0 aliphatic carbocycles. The third-order valence-corrected chi connectivity index (χ3v) is 3.93. The van der Waals surface area contributed by atoms with E-state index in [0.717, 1.165) is 10.1 Å². The Kier molecular flexibility index (Phi) is 4.47. The van der Waals surface area contributed by atoms with Gasteiger partial charge < -0.3 is 19.6 Å². The van der Waals surface area contributed by atoms with Crippen molar-refractivity contribution in [2.24, 2.45) is 0 Å². The molecule has 0 spiro atoms. The predicted octanol–water partition coefficient (Wildman–Crippen LogP) is 2.47. The topological polar surface area (TPSA) is 96.7 Å². The van der Waals surface area contributed by atoms with Crippen LogP contribution < -0.4 is 21.0 Å². The van der Waals surface area contributed by atoms with Crippen LogP contribution in [0.5, 0.6) is 11.5 Å². The van der Waals surface area contributed by atoms with Gasteiger partial charge in [0.15, 0.2) is 17.1 Å². The van der Waals surface area contributed by atoms with Gasteiger partial charge in [-0.2, -0.15) is 0 Å². The van der Waals surface area contributed by atoms with Crippen LogP contribution in [0, 0.1) is 0 Å². The number of nitrogens with zero attached hydrogens (tertiary/aromatic N) is 1. The average Bonchev–Trinajstić information content (AvgIpc) is 2.94. The third-order valence-electron chi connectivity index (χ3n) is 3.93. The molecule has 2 N–H and O–H groups in total. The lowest BCUT2D eigenvalue weighted by Gasteiger charge is -2.09. The zero-order valence-corrected chi connectivity index (χ0v) is 13.9. The number of oxazole rings is 1. The van der Waals surface area contributed by atoms with Gasteiger partial charge in [-0.15, -0.1) is 0 Å². The Labute approximate surface area is 143 Å². The summed E-state index contributed by atoms with van der Waals surface area (Å²) in [4.78, 5) is 24.5. The van der Waals surface area contributed by atoms with Crippen LogP contribution in [0.4, 0.5) is 5.69 Å². The second-order valence-electron chi connectivity index (χ2n) is 5.51. The number of nitrogens with two attached hydrogens (primary N) is 1. The van der Waals surface area contributed by atoms with Gasteiger partial charge in [0.25, 0.3) is 0 Å². The van der Waals surface area contributed by atoms with E-state index in [1.165, 1.54) is 6.07 Å². The lowest BCUT2D eigenvalue weighted by molar-refractivity contribution is 0.0899. The van der Waals surface area contributed by atoms with Crippen molar-refractivity contribution in [2.75, 3.05) is 20.0 Å². The maximum atomic E-state index is 12.5. The Morgan fingerprint density at radius 2 is 1.88 bits per heavy atom. The zero-order chi connectivity index (χ0) is 18.0. The van der Waals surface area contributed by atoms with Crippen molar-refractivity contribution >= 4 is 22.7 Å². The number of hydrogen-bond donors (Lipinski definition) is 1. The molecule has 7 heteroatoms. The molecule has 0 fully saturated rings.